The van der Waals surface area contributed by atoms with Gasteiger partial charge in [-0.25, -0.2) is 5.43 Å². The van der Waals surface area contributed by atoms with Gasteiger partial charge in [-0.3, -0.25) is 5.43 Å². The SMILES string of the molecule is CN(CCCOc1cccc(CNNC(=S)NC(C)(C)C)c1)CCC(C)(C)C. The van der Waals surface area contributed by atoms with E-state index in [1.807, 2.05) is 12.1 Å². The third-order valence-electron chi connectivity index (χ3n) is 4.08. The first-order valence-electron chi connectivity index (χ1n) is 10.2. The van der Waals surface area contributed by atoms with E-state index in [0.717, 1.165) is 37.4 Å². The number of hydrazine groups is 1. The van der Waals surface area contributed by atoms with Gasteiger partial charge >= 0.3 is 0 Å². The van der Waals surface area contributed by atoms with E-state index in [1.54, 1.807) is 0 Å². The molecule has 1 aromatic carbocycles. The molecule has 0 unspecified atom stereocenters. The Morgan fingerprint density at radius 3 is 2.46 bits per heavy atom. The highest BCUT2D eigenvalue weighted by atomic mass is 32.1. The van der Waals surface area contributed by atoms with Crippen molar-refractivity contribution in [1.29, 1.82) is 0 Å². The summed E-state index contributed by atoms with van der Waals surface area (Å²) in [4.78, 5) is 2.38. The molecule has 6 heteroatoms. The third kappa shape index (κ3) is 12.9. The first kappa shape index (κ1) is 24.7. The Balaban J connectivity index is 2.27. The Labute approximate surface area is 177 Å². The van der Waals surface area contributed by atoms with Gasteiger partial charge in [0, 0.05) is 18.6 Å². The smallest absolute Gasteiger partial charge is 0.181 e. The first-order valence-corrected chi connectivity index (χ1v) is 10.6. The molecule has 0 aromatic heterocycles. The lowest BCUT2D eigenvalue weighted by Gasteiger charge is -2.23. The molecule has 0 aliphatic carbocycles. The van der Waals surface area contributed by atoms with Crippen molar-refractivity contribution < 1.29 is 4.74 Å². The number of hydrogen-bond donors (Lipinski definition) is 3. The second-order valence-electron chi connectivity index (χ2n) is 9.65. The zero-order valence-electron chi connectivity index (χ0n) is 18.8. The van der Waals surface area contributed by atoms with E-state index in [2.05, 4.69) is 81.8 Å². The van der Waals surface area contributed by atoms with Crippen molar-refractivity contribution in [3.05, 3.63) is 29.8 Å². The van der Waals surface area contributed by atoms with Gasteiger partial charge in [-0.15, -0.1) is 0 Å². The lowest BCUT2D eigenvalue weighted by Crippen LogP contribution is -2.50. The monoisotopic (exact) mass is 408 g/mol. The molecular weight excluding hydrogens is 368 g/mol. The van der Waals surface area contributed by atoms with Crippen molar-refractivity contribution in [3.8, 4) is 5.75 Å². The summed E-state index contributed by atoms with van der Waals surface area (Å²) < 4.78 is 5.92. The fourth-order valence-corrected chi connectivity index (χ4v) is 2.88. The molecule has 5 nitrogen and oxygen atoms in total. The second-order valence-corrected chi connectivity index (χ2v) is 10.1. The highest BCUT2D eigenvalue weighted by Crippen LogP contribution is 2.18. The summed E-state index contributed by atoms with van der Waals surface area (Å²) in [5.74, 6) is 0.909. The molecule has 0 spiro atoms. The summed E-state index contributed by atoms with van der Waals surface area (Å²) >= 11 is 5.26. The molecule has 1 aromatic rings. The maximum atomic E-state index is 5.92. The molecule has 3 N–H and O–H groups in total. The van der Waals surface area contributed by atoms with Crippen LogP contribution < -0.4 is 20.9 Å². The summed E-state index contributed by atoms with van der Waals surface area (Å²) in [5.41, 5.74) is 7.64. The van der Waals surface area contributed by atoms with Crippen LogP contribution in [0.25, 0.3) is 0 Å². The van der Waals surface area contributed by atoms with E-state index >= 15 is 0 Å². The van der Waals surface area contributed by atoms with Crippen LogP contribution in [0.4, 0.5) is 0 Å². The molecule has 0 amide bonds. The van der Waals surface area contributed by atoms with E-state index in [9.17, 15) is 0 Å². The van der Waals surface area contributed by atoms with E-state index in [-0.39, 0.29) is 5.54 Å². The molecule has 0 aliphatic rings. The number of hydrogen-bond acceptors (Lipinski definition) is 4. The number of rotatable bonds is 10. The van der Waals surface area contributed by atoms with Crippen LogP contribution in [0.2, 0.25) is 0 Å². The zero-order valence-corrected chi connectivity index (χ0v) is 19.6. The summed E-state index contributed by atoms with van der Waals surface area (Å²) in [7, 11) is 2.18. The average molecular weight is 409 g/mol. The van der Waals surface area contributed by atoms with Crippen molar-refractivity contribution in [2.75, 3.05) is 26.7 Å². The van der Waals surface area contributed by atoms with E-state index < -0.39 is 0 Å². The third-order valence-corrected chi connectivity index (χ3v) is 4.28. The van der Waals surface area contributed by atoms with Gasteiger partial charge in [0.2, 0.25) is 0 Å². The van der Waals surface area contributed by atoms with E-state index in [4.69, 9.17) is 17.0 Å². The van der Waals surface area contributed by atoms with Crippen molar-refractivity contribution in [2.24, 2.45) is 5.41 Å². The Bertz CT molecular complexity index is 593. The summed E-state index contributed by atoms with van der Waals surface area (Å²) in [6, 6.07) is 8.17. The van der Waals surface area contributed by atoms with Crippen molar-refractivity contribution in [2.45, 2.75) is 66.5 Å². The van der Waals surface area contributed by atoms with Gasteiger partial charge in [-0.1, -0.05) is 32.9 Å². The minimum absolute atomic E-state index is 0.0552. The van der Waals surface area contributed by atoms with E-state index in [0.29, 0.717) is 17.1 Å². The number of ether oxygens (including phenoxy) is 1. The number of nitrogens with one attached hydrogen (secondary N) is 3. The average Bonchev–Trinajstić information content (AvgIpc) is 2.55. The predicted molar refractivity (Wildman–Crippen MR) is 124 cm³/mol. The fourth-order valence-electron chi connectivity index (χ4n) is 2.51. The Kier molecular flexibility index (Phi) is 10.2. The molecule has 0 atom stereocenters. The highest BCUT2D eigenvalue weighted by molar-refractivity contribution is 7.80. The number of benzene rings is 1. The van der Waals surface area contributed by atoms with Gasteiger partial charge in [-0.2, -0.15) is 0 Å². The van der Waals surface area contributed by atoms with Gasteiger partial charge in [0.25, 0.3) is 0 Å². The van der Waals surface area contributed by atoms with Crippen molar-refractivity contribution >= 4 is 17.3 Å². The van der Waals surface area contributed by atoms with Crippen molar-refractivity contribution in [3.63, 3.8) is 0 Å². The number of nitrogens with zero attached hydrogens (tertiary/aromatic N) is 1. The maximum absolute atomic E-state index is 5.92. The van der Waals surface area contributed by atoms with Gasteiger partial charge in [0.15, 0.2) is 5.11 Å². The molecule has 0 radical (unpaired) electrons. The van der Waals surface area contributed by atoms with Gasteiger partial charge in [0.05, 0.1) is 6.61 Å². The second kappa shape index (κ2) is 11.6. The minimum atomic E-state index is -0.0552. The molecule has 0 fully saturated rings. The molecular formula is C22H40N4OS. The Morgan fingerprint density at radius 2 is 1.82 bits per heavy atom. The Hall–Kier alpha value is -1.37. The molecule has 0 bridgehead atoms. The zero-order chi connectivity index (χ0) is 21.2. The quantitative estimate of drug-likeness (QED) is 0.308. The Morgan fingerprint density at radius 1 is 1.11 bits per heavy atom. The highest BCUT2D eigenvalue weighted by Gasteiger charge is 2.11. The summed E-state index contributed by atoms with van der Waals surface area (Å²) in [6.07, 6.45) is 2.24. The van der Waals surface area contributed by atoms with Gasteiger partial charge < -0.3 is 15.0 Å². The molecule has 0 aliphatic heterocycles. The van der Waals surface area contributed by atoms with Crippen LogP contribution in [0.1, 0.15) is 59.9 Å². The lowest BCUT2D eigenvalue weighted by atomic mass is 9.92. The van der Waals surface area contributed by atoms with Crippen LogP contribution in [-0.2, 0) is 6.54 Å². The summed E-state index contributed by atoms with van der Waals surface area (Å²) in [6.45, 7) is 16.7. The largest absolute Gasteiger partial charge is 0.494 e. The number of thiocarbonyl (C=S) groups is 1. The van der Waals surface area contributed by atoms with Gasteiger partial charge in [0.1, 0.15) is 5.75 Å². The van der Waals surface area contributed by atoms with Crippen molar-refractivity contribution in [1.82, 2.24) is 21.1 Å². The molecule has 0 heterocycles. The molecule has 1 rings (SSSR count). The van der Waals surface area contributed by atoms with Crippen LogP contribution in [0, 0.1) is 5.41 Å². The molecule has 160 valence electrons. The standard InChI is InChI=1S/C22H40N4OS/c1-21(2,3)12-14-26(7)13-9-15-27-19-11-8-10-18(16-19)17-23-25-20(28)24-22(4,5)6/h8,10-11,16,23H,9,12-15,17H2,1-7H3,(H2,24,25,28). The van der Waals surface area contributed by atoms with Crippen LogP contribution in [0.15, 0.2) is 24.3 Å². The molecule has 0 saturated heterocycles. The normalized spacial score (nSPS) is 12.1. The summed E-state index contributed by atoms with van der Waals surface area (Å²) in [5, 5.41) is 3.80. The van der Waals surface area contributed by atoms with Crippen LogP contribution >= 0.6 is 12.2 Å². The van der Waals surface area contributed by atoms with Crippen LogP contribution in [0.3, 0.4) is 0 Å². The molecule has 28 heavy (non-hydrogen) atoms. The van der Waals surface area contributed by atoms with Crippen LogP contribution in [-0.4, -0.2) is 42.3 Å². The first-order chi connectivity index (χ1) is 12.9. The van der Waals surface area contributed by atoms with Gasteiger partial charge in [-0.05, 0) is 82.5 Å². The molecule has 0 saturated carbocycles. The van der Waals surface area contributed by atoms with Crippen LogP contribution in [0.5, 0.6) is 5.75 Å². The predicted octanol–water partition coefficient (Wildman–Crippen LogP) is 4.09. The fraction of sp³-hybridized carbons (Fsp3) is 0.682. The van der Waals surface area contributed by atoms with E-state index in [1.165, 1.54) is 6.42 Å². The maximum Gasteiger partial charge on any atom is 0.181 e. The lowest BCUT2D eigenvalue weighted by molar-refractivity contribution is 0.236. The minimum Gasteiger partial charge on any atom is -0.494 e. The topological polar surface area (TPSA) is 48.6 Å².